The van der Waals surface area contributed by atoms with Crippen LogP contribution in [0.5, 0.6) is 0 Å². The molecular formula is C25H39BrN2O3. The number of esters is 1. The van der Waals surface area contributed by atoms with E-state index >= 15 is 0 Å². The topological polar surface area (TPSA) is 51.7 Å². The molecule has 1 atom stereocenters. The number of aryl methyl sites for hydroxylation is 2. The summed E-state index contributed by atoms with van der Waals surface area (Å²) in [4.78, 5) is 20.4. The van der Waals surface area contributed by atoms with E-state index in [0.717, 1.165) is 40.2 Å². The van der Waals surface area contributed by atoms with Gasteiger partial charge in [0.1, 0.15) is 0 Å². The predicted octanol–water partition coefficient (Wildman–Crippen LogP) is 6.43. The van der Waals surface area contributed by atoms with E-state index in [1.54, 1.807) is 0 Å². The van der Waals surface area contributed by atoms with Crippen molar-refractivity contribution in [3.05, 3.63) is 21.4 Å². The zero-order chi connectivity index (χ0) is 23.0. The Morgan fingerprint density at radius 1 is 1.06 bits per heavy atom. The van der Waals surface area contributed by atoms with Crippen molar-refractivity contribution in [1.29, 1.82) is 0 Å². The second-order valence-corrected chi connectivity index (χ2v) is 11.4. The van der Waals surface area contributed by atoms with Crippen LogP contribution < -0.4 is 4.90 Å². The Labute approximate surface area is 196 Å². The number of pyridine rings is 1. The normalized spacial score (nSPS) is 19.8. The van der Waals surface area contributed by atoms with Crippen molar-refractivity contribution in [3.8, 4) is 0 Å². The lowest BCUT2D eigenvalue weighted by molar-refractivity contribution is -0.171. The molecule has 1 saturated carbocycles. The van der Waals surface area contributed by atoms with Crippen LogP contribution in [0.3, 0.4) is 0 Å². The van der Waals surface area contributed by atoms with Gasteiger partial charge in [0.2, 0.25) is 0 Å². The summed E-state index contributed by atoms with van der Waals surface area (Å²) < 4.78 is 12.9. The SMILES string of the molecule is Cc1nc(C)c([C@H](OC(C)(C)C)C(=O)OC(C)C)c(N2CCC3(CCCC3)CC2)c1Br. The highest BCUT2D eigenvalue weighted by Crippen LogP contribution is 2.49. The molecule has 1 saturated heterocycles. The summed E-state index contributed by atoms with van der Waals surface area (Å²) in [5.41, 5.74) is 3.67. The molecule has 0 N–H and O–H groups in total. The fourth-order valence-electron chi connectivity index (χ4n) is 5.15. The molecule has 6 heteroatoms. The number of carbonyl (C=O) groups is 1. The Morgan fingerprint density at radius 2 is 1.65 bits per heavy atom. The quantitative estimate of drug-likeness (QED) is 0.441. The van der Waals surface area contributed by atoms with Crippen molar-refractivity contribution in [2.45, 2.75) is 105 Å². The maximum absolute atomic E-state index is 13.2. The molecule has 0 radical (unpaired) electrons. The first kappa shape index (κ1) is 24.5. The standard InChI is InChI=1S/C25H39BrN2O3/c1-16(2)30-23(29)22(31-24(5,6)7)19-17(3)27-18(4)20(26)21(19)28-14-12-25(13-15-28)10-8-9-11-25/h16,22H,8-15H2,1-7H3/t22-/m0/s1. The number of ether oxygens (including phenoxy) is 2. The minimum absolute atomic E-state index is 0.207. The number of halogens is 1. The molecule has 0 bridgehead atoms. The molecule has 0 amide bonds. The minimum atomic E-state index is -0.816. The van der Waals surface area contributed by atoms with Gasteiger partial charge in [0.05, 0.1) is 27.6 Å². The third kappa shape index (κ3) is 5.62. The third-order valence-corrected chi connectivity index (χ3v) is 7.56. The summed E-state index contributed by atoms with van der Waals surface area (Å²) in [5.74, 6) is -0.351. The maximum atomic E-state index is 13.2. The minimum Gasteiger partial charge on any atom is -0.461 e. The highest BCUT2D eigenvalue weighted by molar-refractivity contribution is 9.10. The van der Waals surface area contributed by atoms with Crippen LogP contribution in [0.1, 0.15) is 96.2 Å². The Balaban J connectivity index is 2.03. The molecular weight excluding hydrogens is 456 g/mol. The zero-order valence-corrected chi connectivity index (χ0v) is 21.9. The van der Waals surface area contributed by atoms with Gasteiger partial charge in [-0.05, 0) is 95.5 Å². The van der Waals surface area contributed by atoms with Crippen molar-refractivity contribution in [2.75, 3.05) is 18.0 Å². The number of hydrogen-bond donors (Lipinski definition) is 0. The number of aromatic nitrogens is 1. The van der Waals surface area contributed by atoms with E-state index in [1.165, 1.54) is 38.5 Å². The average molecular weight is 496 g/mol. The Kier molecular flexibility index (Phi) is 7.42. The molecule has 3 rings (SSSR count). The Hall–Kier alpha value is -1.14. The van der Waals surface area contributed by atoms with Crippen LogP contribution in [0, 0.1) is 19.3 Å². The van der Waals surface area contributed by atoms with Crippen LogP contribution in [0.25, 0.3) is 0 Å². The lowest BCUT2D eigenvalue weighted by atomic mass is 9.77. The predicted molar refractivity (Wildman–Crippen MR) is 129 cm³/mol. The van der Waals surface area contributed by atoms with Gasteiger partial charge in [0.15, 0.2) is 6.10 Å². The lowest BCUT2D eigenvalue weighted by Crippen LogP contribution is -2.40. The van der Waals surface area contributed by atoms with Gasteiger partial charge in [0, 0.05) is 24.3 Å². The van der Waals surface area contributed by atoms with Gasteiger partial charge < -0.3 is 14.4 Å². The summed E-state index contributed by atoms with van der Waals surface area (Å²) in [6, 6.07) is 0. The second kappa shape index (κ2) is 9.38. The summed E-state index contributed by atoms with van der Waals surface area (Å²) in [6.45, 7) is 15.6. The second-order valence-electron chi connectivity index (χ2n) is 10.6. The fraction of sp³-hybridized carbons (Fsp3) is 0.760. The van der Waals surface area contributed by atoms with Crippen molar-refractivity contribution in [2.24, 2.45) is 5.41 Å². The van der Waals surface area contributed by atoms with E-state index in [0.29, 0.717) is 5.41 Å². The van der Waals surface area contributed by atoms with E-state index in [-0.39, 0.29) is 12.1 Å². The number of piperidine rings is 1. The molecule has 1 aliphatic heterocycles. The highest BCUT2D eigenvalue weighted by Gasteiger charge is 2.40. The molecule has 1 spiro atoms. The van der Waals surface area contributed by atoms with E-state index < -0.39 is 11.7 Å². The van der Waals surface area contributed by atoms with Crippen molar-refractivity contribution >= 4 is 27.6 Å². The monoisotopic (exact) mass is 494 g/mol. The summed E-state index contributed by atoms with van der Waals surface area (Å²) >= 11 is 3.81. The molecule has 5 nitrogen and oxygen atoms in total. The lowest BCUT2D eigenvalue weighted by Gasteiger charge is -2.42. The van der Waals surface area contributed by atoms with Gasteiger partial charge in [-0.15, -0.1) is 0 Å². The van der Waals surface area contributed by atoms with Gasteiger partial charge in [-0.1, -0.05) is 12.8 Å². The molecule has 174 valence electrons. The van der Waals surface area contributed by atoms with Crippen molar-refractivity contribution in [3.63, 3.8) is 0 Å². The number of carbonyl (C=O) groups excluding carboxylic acids is 1. The van der Waals surface area contributed by atoms with Gasteiger partial charge in [-0.3, -0.25) is 4.98 Å². The fourth-order valence-corrected chi connectivity index (χ4v) is 5.70. The molecule has 0 unspecified atom stereocenters. The molecule has 1 aromatic rings. The number of hydrogen-bond acceptors (Lipinski definition) is 5. The molecule has 2 aliphatic rings. The van der Waals surface area contributed by atoms with Crippen LogP contribution in [-0.2, 0) is 14.3 Å². The summed E-state index contributed by atoms with van der Waals surface area (Å²) in [7, 11) is 0. The van der Waals surface area contributed by atoms with Crippen LogP contribution in [0.15, 0.2) is 4.47 Å². The van der Waals surface area contributed by atoms with Crippen LogP contribution in [-0.4, -0.2) is 35.7 Å². The smallest absolute Gasteiger partial charge is 0.340 e. The van der Waals surface area contributed by atoms with E-state index in [9.17, 15) is 4.79 Å². The van der Waals surface area contributed by atoms with Crippen molar-refractivity contribution in [1.82, 2.24) is 4.98 Å². The van der Waals surface area contributed by atoms with E-state index in [2.05, 4.69) is 20.8 Å². The van der Waals surface area contributed by atoms with Crippen LogP contribution in [0.4, 0.5) is 5.69 Å². The molecule has 1 aromatic heterocycles. The van der Waals surface area contributed by atoms with Crippen LogP contribution in [0.2, 0.25) is 0 Å². The molecule has 1 aliphatic carbocycles. The number of anilines is 1. The van der Waals surface area contributed by atoms with Gasteiger partial charge in [-0.2, -0.15) is 0 Å². The third-order valence-electron chi connectivity index (χ3n) is 6.61. The number of rotatable bonds is 5. The zero-order valence-electron chi connectivity index (χ0n) is 20.3. The number of nitrogens with zero attached hydrogens (tertiary/aromatic N) is 2. The van der Waals surface area contributed by atoms with Gasteiger partial charge in [-0.25, -0.2) is 4.79 Å². The first-order valence-corrected chi connectivity index (χ1v) is 12.5. The summed E-state index contributed by atoms with van der Waals surface area (Å²) in [5, 5.41) is 0. The maximum Gasteiger partial charge on any atom is 0.340 e. The largest absolute Gasteiger partial charge is 0.461 e. The average Bonchev–Trinajstić information content (AvgIpc) is 3.10. The molecule has 0 aromatic carbocycles. The van der Waals surface area contributed by atoms with E-state index in [4.69, 9.17) is 14.5 Å². The Bertz CT molecular complexity index is 800. The highest BCUT2D eigenvalue weighted by atomic mass is 79.9. The van der Waals surface area contributed by atoms with Gasteiger partial charge in [0.25, 0.3) is 0 Å². The summed E-state index contributed by atoms with van der Waals surface area (Å²) in [6.07, 6.45) is 6.85. The van der Waals surface area contributed by atoms with E-state index in [1.807, 2.05) is 48.5 Å². The van der Waals surface area contributed by atoms with Gasteiger partial charge >= 0.3 is 5.97 Å². The first-order chi connectivity index (χ1) is 14.4. The van der Waals surface area contributed by atoms with Crippen LogP contribution >= 0.6 is 15.9 Å². The Morgan fingerprint density at radius 3 is 2.16 bits per heavy atom. The molecule has 2 heterocycles. The first-order valence-electron chi connectivity index (χ1n) is 11.7. The molecule has 2 fully saturated rings. The molecule has 31 heavy (non-hydrogen) atoms. The van der Waals surface area contributed by atoms with Crippen molar-refractivity contribution < 1.29 is 14.3 Å².